The van der Waals surface area contributed by atoms with Gasteiger partial charge in [0.25, 0.3) is 0 Å². The summed E-state index contributed by atoms with van der Waals surface area (Å²) in [5.41, 5.74) is 4.87. The summed E-state index contributed by atoms with van der Waals surface area (Å²) in [7, 11) is 0. The van der Waals surface area contributed by atoms with E-state index in [9.17, 15) is 0 Å². The van der Waals surface area contributed by atoms with Crippen LogP contribution in [-0.2, 0) is 0 Å². The van der Waals surface area contributed by atoms with E-state index < -0.39 is 0 Å². The molecule has 0 aliphatic rings. The molecule has 82 valence electrons. The van der Waals surface area contributed by atoms with E-state index in [1.54, 1.807) is 6.08 Å². The highest BCUT2D eigenvalue weighted by atomic mass is 15.3. The van der Waals surface area contributed by atoms with Gasteiger partial charge in [-0.2, -0.15) is 5.10 Å². The molecule has 2 aromatic rings. The van der Waals surface area contributed by atoms with Gasteiger partial charge in [-0.1, -0.05) is 20.1 Å². The fourth-order valence-electron chi connectivity index (χ4n) is 1.63. The van der Waals surface area contributed by atoms with Crippen molar-refractivity contribution in [3.63, 3.8) is 0 Å². The minimum atomic E-state index is 0.862. The van der Waals surface area contributed by atoms with E-state index in [4.69, 9.17) is 0 Å². The Morgan fingerprint density at radius 3 is 2.94 bits per heavy atom. The molecule has 2 heterocycles. The van der Waals surface area contributed by atoms with Gasteiger partial charge >= 0.3 is 0 Å². The Kier molecular flexibility index (Phi) is 2.60. The van der Waals surface area contributed by atoms with Gasteiger partial charge in [0.1, 0.15) is 0 Å². The highest BCUT2D eigenvalue weighted by Crippen LogP contribution is 2.19. The molecule has 0 radical (unpaired) electrons. The third kappa shape index (κ3) is 1.54. The van der Waals surface area contributed by atoms with Gasteiger partial charge in [0.15, 0.2) is 5.65 Å². The van der Waals surface area contributed by atoms with Crippen molar-refractivity contribution in [1.82, 2.24) is 14.6 Å². The minimum Gasteiger partial charge on any atom is -0.229 e. The molecule has 0 amide bonds. The molecular formula is C13H15N3. The normalized spacial score (nSPS) is 10.6. The average Bonchev–Trinajstić information content (AvgIpc) is 2.69. The Hall–Kier alpha value is -1.90. The van der Waals surface area contributed by atoms with Gasteiger partial charge in [0.2, 0.25) is 0 Å². The zero-order chi connectivity index (χ0) is 11.7. The van der Waals surface area contributed by atoms with E-state index in [0.29, 0.717) is 0 Å². The van der Waals surface area contributed by atoms with Crippen LogP contribution in [0.25, 0.3) is 17.3 Å². The zero-order valence-corrected chi connectivity index (χ0v) is 9.70. The van der Waals surface area contributed by atoms with Crippen LogP contribution in [0.3, 0.4) is 0 Å². The number of aromatic nitrogens is 3. The molecule has 2 rings (SSSR count). The van der Waals surface area contributed by atoms with Crippen molar-refractivity contribution in [2.45, 2.75) is 20.3 Å². The van der Waals surface area contributed by atoms with E-state index in [1.165, 1.54) is 0 Å². The van der Waals surface area contributed by atoms with E-state index in [2.05, 4.69) is 30.2 Å². The second-order valence-corrected chi connectivity index (χ2v) is 3.79. The van der Waals surface area contributed by atoms with Crippen molar-refractivity contribution in [2.24, 2.45) is 0 Å². The van der Waals surface area contributed by atoms with Crippen molar-refractivity contribution in [3.05, 3.63) is 42.4 Å². The first-order valence-corrected chi connectivity index (χ1v) is 5.33. The highest BCUT2D eigenvalue weighted by molar-refractivity contribution is 5.66. The standard InChI is InChI=1S/C13H15N3/c1-5-9(3)12-7-11(6-2)15-13-10(4)8-14-16(12)13/h6-8H,2-3,5H2,1,4H3. The monoisotopic (exact) mass is 213 g/mol. The smallest absolute Gasteiger partial charge is 0.159 e. The molecule has 2 aromatic heterocycles. The van der Waals surface area contributed by atoms with Gasteiger partial charge in [0, 0.05) is 5.56 Å². The third-order valence-corrected chi connectivity index (χ3v) is 2.67. The van der Waals surface area contributed by atoms with Gasteiger partial charge in [-0.25, -0.2) is 9.50 Å². The minimum absolute atomic E-state index is 0.862. The second-order valence-electron chi connectivity index (χ2n) is 3.79. The lowest BCUT2D eigenvalue weighted by atomic mass is 10.1. The molecular weight excluding hydrogens is 198 g/mol. The van der Waals surface area contributed by atoms with E-state index in [0.717, 1.165) is 34.6 Å². The molecule has 0 spiro atoms. The predicted molar refractivity (Wildman–Crippen MR) is 67.1 cm³/mol. The summed E-state index contributed by atoms with van der Waals surface area (Å²) in [4.78, 5) is 4.47. The summed E-state index contributed by atoms with van der Waals surface area (Å²) in [5.74, 6) is 0. The van der Waals surface area contributed by atoms with E-state index >= 15 is 0 Å². The van der Waals surface area contributed by atoms with Crippen LogP contribution in [0.1, 0.15) is 30.3 Å². The van der Waals surface area contributed by atoms with Crippen LogP contribution < -0.4 is 0 Å². The summed E-state index contributed by atoms with van der Waals surface area (Å²) < 4.78 is 1.84. The maximum Gasteiger partial charge on any atom is 0.159 e. The lowest BCUT2D eigenvalue weighted by Crippen LogP contribution is -2.01. The maximum absolute atomic E-state index is 4.47. The van der Waals surface area contributed by atoms with Crippen molar-refractivity contribution in [3.8, 4) is 0 Å². The molecule has 0 atom stereocenters. The molecule has 0 fully saturated rings. The van der Waals surface area contributed by atoms with Gasteiger partial charge in [0.05, 0.1) is 17.6 Å². The van der Waals surface area contributed by atoms with Crippen molar-refractivity contribution in [1.29, 1.82) is 0 Å². The van der Waals surface area contributed by atoms with Crippen LogP contribution in [0.2, 0.25) is 0 Å². The number of hydrogen-bond donors (Lipinski definition) is 0. The Balaban J connectivity index is 2.79. The van der Waals surface area contributed by atoms with Gasteiger partial charge in [-0.05, 0) is 31.1 Å². The molecule has 0 N–H and O–H groups in total. The molecule has 0 aliphatic carbocycles. The number of rotatable bonds is 3. The number of allylic oxidation sites excluding steroid dienone is 1. The molecule has 0 bridgehead atoms. The van der Waals surface area contributed by atoms with Gasteiger partial charge in [-0.15, -0.1) is 0 Å². The highest BCUT2D eigenvalue weighted by Gasteiger charge is 2.09. The molecule has 0 unspecified atom stereocenters. The van der Waals surface area contributed by atoms with Crippen molar-refractivity contribution in [2.75, 3.05) is 0 Å². The Bertz CT molecular complexity index is 564. The SMILES string of the molecule is C=Cc1cc(C(=C)CC)n2ncc(C)c2n1. The molecule has 0 saturated heterocycles. The van der Waals surface area contributed by atoms with Crippen molar-refractivity contribution < 1.29 is 0 Å². The summed E-state index contributed by atoms with van der Waals surface area (Å²) in [6, 6.07) is 1.97. The number of aryl methyl sites for hydroxylation is 1. The first-order valence-electron chi connectivity index (χ1n) is 5.33. The molecule has 0 aliphatic heterocycles. The molecule has 16 heavy (non-hydrogen) atoms. The first kappa shape index (κ1) is 10.6. The molecule has 3 heteroatoms. The summed E-state index contributed by atoms with van der Waals surface area (Å²) in [6.45, 7) is 11.9. The predicted octanol–water partition coefficient (Wildman–Crippen LogP) is 3.10. The van der Waals surface area contributed by atoms with Crippen LogP contribution in [0.4, 0.5) is 0 Å². The maximum atomic E-state index is 4.47. The fourth-order valence-corrected chi connectivity index (χ4v) is 1.63. The Morgan fingerprint density at radius 2 is 2.31 bits per heavy atom. The van der Waals surface area contributed by atoms with Gasteiger partial charge in [-0.3, -0.25) is 0 Å². The van der Waals surface area contributed by atoms with Crippen LogP contribution in [0.5, 0.6) is 0 Å². The van der Waals surface area contributed by atoms with Crippen molar-refractivity contribution >= 4 is 17.3 Å². The summed E-state index contributed by atoms with van der Waals surface area (Å²) >= 11 is 0. The third-order valence-electron chi connectivity index (χ3n) is 2.67. The zero-order valence-electron chi connectivity index (χ0n) is 9.70. The number of fused-ring (bicyclic) bond motifs is 1. The molecule has 0 saturated carbocycles. The quantitative estimate of drug-likeness (QED) is 0.784. The van der Waals surface area contributed by atoms with Gasteiger partial charge < -0.3 is 0 Å². The number of hydrogen-bond acceptors (Lipinski definition) is 2. The molecule has 3 nitrogen and oxygen atoms in total. The second kappa shape index (κ2) is 3.93. The Morgan fingerprint density at radius 1 is 1.56 bits per heavy atom. The summed E-state index contributed by atoms with van der Waals surface area (Å²) in [6.07, 6.45) is 4.47. The number of nitrogens with zero attached hydrogens (tertiary/aromatic N) is 3. The average molecular weight is 213 g/mol. The van der Waals surface area contributed by atoms with Crippen LogP contribution >= 0.6 is 0 Å². The van der Waals surface area contributed by atoms with E-state index in [1.807, 2.05) is 23.7 Å². The molecule has 0 aromatic carbocycles. The van der Waals surface area contributed by atoms with Crippen LogP contribution in [0.15, 0.2) is 25.4 Å². The first-order chi connectivity index (χ1) is 7.67. The fraction of sp³-hybridized carbons (Fsp3) is 0.231. The topological polar surface area (TPSA) is 30.2 Å². The van der Waals surface area contributed by atoms with Crippen LogP contribution in [0, 0.1) is 6.92 Å². The largest absolute Gasteiger partial charge is 0.229 e. The lowest BCUT2D eigenvalue weighted by Gasteiger charge is -2.07. The van der Waals surface area contributed by atoms with E-state index in [-0.39, 0.29) is 0 Å². The lowest BCUT2D eigenvalue weighted by molar-refractivity contribution is 0.911. The summed E-state index contributed by atoms with van der Waals surface area (Å²) in [5, 5.41) is 4.32. The van der Waals surface area contributed by atoms with Crippen LogP contribution in [-0.4, -0.2) is 14.6 Å². The Labute approximate surface area is 95.1 Å².